The van der Waals surface area contributed by atoms with E-state index in [1.165, 1.54) is 0 Å². The lowest BCUT2D eigenvalue weighted by Gasteiger charge is -2.15. The Kier molecular flexibility index (Phi) is 4.66. The molecule has 0 spiro atoms. The van der Waals surface area contributed by atoms with E-state index in [1.807, 2.05) is 6.92 Å². The molecule has 2 atom stereocenters. The summed E-state index contributed by atoms with van der Waals surface area (Å²) in [7, 11) is -3.53. The monoisotopic (exact) mass is 347 g/mol. The lowest BCUT2D eigenvalue weighted by molar-refractivity contribution is 0.134. The first-order chi connectivity index (χ1) is 8.90. The second kappa shape index (κ2) is 5.91. The van der Waals surface area contributed by atoms with Crippen molar-refractivity contribution in [3.8, 4) is 0 Å². The zero-order valence-electron chi connectivity index (χ0n) is 10.8. The lowest BCUT2D eigenvalue weighted by atomic mass is 10.1. The van der Waals surface area contributed by atoms with E-state index in [2.05, 4.69) is 20.7 Å². The Balaban J connectivity index is 2.09. The molecule has 0 saturated heterocycles. The van der Waals surface area contributed by atoms with Crippen LogP contribution in [0.5, 0.6) is 0 Å². The number of rotatable bonds is 4. The Bertz CT molecular complexity index is 559. The van der Waals surface area contributed by atoms with Crippen molar-refractivity contribution in [2.45, 2.75) is 37.2 Å². The fourth-order valence-electron chi connectivity index (χ4n) is 2.37. The minimum Gasteiger partial charge on any atom is -0.393 e. The largest absolute Gasteiger partial charge is 0.393 e. The Labute approximate surface area is 122 Å². The molecule has 1 aromatic carbocycles. The molecular weight excluding hydrogens is 330 g/mol. The van der Waals surface area contributed by atoms with Gasteiger partial charge in [-0.2, -0.15) is 0 Å². The van der Waals surface area contributed by atoms with Gasteiger partial charge in [0.25, 0.3) is 0 Å². The average molecular weight is 348 g/mol. The van der Waals surface area contributed by atoms with Gasteiger partial charge in [0.2, 0.25) is 10.0 Å². The van der Waals surface area contributed by atoms with Crippen LogP contribution in [-0.2, 0) is 10.0 Å². The summed E-state index contributed by atoms with van der Waals surface area (Å²) in [5.41, 5.74) is 0.997. The first-order valence-electron chi connectivity index (χ1n) is 6.34. The SMILES string of the molecule is Cc1ccc(S(=O)(=O)NCC2CCCC2O)c(Br)c1. The maximum Gasteiger partial charge on any atom is 0.241 e. The fourth-order valence-corrected chi connectivity index (χ4v) is 4.66. The zero-order valence-corrected chi connectivity index (χ0v) is 13.2. The summed E-state index contributed by atoms with van der Waals surface area (Å²) >= 11 is 3.28. The summed E-state index contributed by atoms with van der Waals surface area (Å²) in [6.45, 7) is 2.20. The maximum atomic E-state index is 12.2. The Morgan fingerprint density at radius 2 is 2.16 bits per heavy atom. The molecule has 1 aliphatic rings. The van der Waals surface area contributed by atoms with Crippen molar-refractivity contribution in [3.05, 3.63) is 28.2 Å². The molecule has 1 saturated carbocycles. The number of benzene rings is 1. The van der Waals surface area contributed by atoms with E-state index in [0.717, 1.165) is 24.8 Å². The van der Waals surface area contributed by atoms with E-state index >= 15 is 0 Å². The van der Waals surface area contributed by atoms with Crippen molar-refractivity contribution in [1.82, 2.24) is 4.72 Å². The third-order valence-corrected chi connectivity index (χ3v) is 5.93. The summed E-state index contributed by atoms with van der Waals surface area (Å²) in [4.78, 5) is 0.241. The average Bonchev–Trinajstić information content (AvgIpc) is 2.72. The van der Waals surface area contributed by atoms with Gasteiger partial charge in [-0.05, 0) is 59.3 Å². The van der Waals surface area contributed by atoms with Crippen LogP contribution in [0.15, 0.2) is 27.6 Å². The third-order valence-electron chi connectivity index (χ3n) is 3.53. The van der Waals surface area contributed by atoms with Crippen molar-refractivity contribution in [1.29, 1.82) is 0 Å². The predicted octanol–water partition coefficient (Wildman–Crippen LogP) is 2.20. The van der Waals surface area contributed by atoms with Gasteiger partial charge in [-0.15, -0.1) is 0 Å². The molecule has 106 valence electrons. The molecule has 4 nitrogen and oxygen atoms in total. The van der Waals surface area contributed by atoms with Gasteiger partial charge in [0.05, 0.1) is 11.0 Å². The molecule has 2 rings (SSSR count). The third kappa shape index (κ3) is 3.56. The number of halogens is 1. The highest BCUT2D eigenvalue weighted by Gasteiger charge is 2.27. The number of aryl methyl sites for hydroxylation is 1. The van der Waals surface area contributed by atoms with E-state index in [4.69, 9.17) is 0 Å². The number of aliphatic hydroxyl groups is 1. The maximum absolute atomic E-state index is 12.2. The van der Waals surface area contributed by atoms with Gasteiger partial charge in [0, 0.05) is 11.0 Å². The molecule has 0 amide bonds. The minimum absolute atomic E-state index is 0.0269. The molecule has 0 aliphatic heterocycles. The minimum atomic E-state index is -3.53. The number of hydrogen-bond donors (Lipinski definition) is 2. The van der Waals surface area contributed by atoms with Crippen molar-refractivity contribution in [2.75, 3.05) is 6.54 Å². The van der Waals surface area contributed by atoms with Gasteiger partial charge in [-0.25, -0.2) is 13.1 Å². The lowest BCUT2D eigenvalue weighted by Crippen LogP contribution is -2.32. The number of hydrogen-bond acceptors (Lipinski definition) is 3. The molecule has 1 fully saturated rings. The van der Waals surface area contributed by atoms with Crippen LogP contribution in [0.3, 0.4) is 0 Å². The number of aliphatic hydroxyl groups excluding tert-OH is 1. The molecule has 2 unspecified atom stereocenters. The summed E-state index contributed by atoms with van der Waals surface area (Å²) in [6, 6.07) is 5.13. The van der Waals surface area contributed by atoms with Crippen LogP contribution < -0.4 is 4.72 Å². The van der Waals surface area contributed by atoms with Gasteiger partial charge in [-0.1, -0.05) is 12.5 Å². The summed E-state index contributed by atoms with van der Waals surface area (Å²) < 4.78 is 27.6. The number of sulfonamides is 1. The second-order valence-corrected chi connectivity index (χ2v) is 7.63. The molecule has 0 bridgehead atoms. The van der Waals surface area contributed by atoms with Gasteiger partial charge in [0.1, 0.15) is 0 Å². The quantitative estimate of drug-likeness (QED) is 0.877. The molecular formula is C13H18BrNO3S. The highest BCUT2D eigenvalue weighted by molar-refractivity contribution is 9.10. The number of nitrogens with one attached hydrogen (secondary N) is 1. The Hall–Kier alpha value is -0.430. The topological polar surface area (TPSA) is 66.4 Å². The molecule has 6 heteroatoms. The van der Waals surface area contributed by atoms with E-state index in [0.29, 0.717) is 11.0 Å². The summed E-state index contributed by atoms with van der Waals surface area (Å²) in [5, 5.41) is 9.70. The fraction of sp³-hybridized carbons (Fsp3) is 0.538. The van der Waals surface area contributed by atoms with E-state index in [1.54, 1.807) is 18.2 Å². The normalized spacial score (nSPS) is 23.7. The first-order valence-corrected chi connectivity index (χ1v) is 8.61. The highest BCUT2D eigenvalue weighted by atomic mass is 79.9. The Morgan fingerprint density at radius 1 is 1.42 bits per heavy atom. The first kappa shape index (κ1) is 15.0. The predicted molar refractivity (Wildman–Crippen MR) is 77.4 cm³/mol. The van der Waals surface area contributed by atoms with Crippen LogP contribution >= 0.6 is 15.9 Å². The van der Waals surface area contributed by atoms with Crippen LogP contribution in [0.1, 0.15) is 24.8 Å². The highest BCUT2D eigenvalue weighted by Crippen LogP contribution is 2.26. The van der Waals surface area contributed by atoms with Gasteiger partial charge >= 0.3 is 0 Å². The molecule has 1 aliphatic carbocycles. The summed E-state index contributed by atoms with van der Waals surface area (Å²) in [6.07, 6.45) is 2.21. The van der Waals surface area contributed by atoms with Crippen molar-refractivity contribution < 1.29 is 13.5 Å². The molecule has 1 aromatic rings. The smallest absolute Gasteiger partial charge is 0.241 e. The van der Waals surface area contributed by atoms with Gasteiger partial charge in [-0.3, -0.25) is 0 Å². The molecule has 0 radical (unpaired) electrons. The van der Waals surface area contributed by atoms with Crippen molar-refractivity contribution >= 4 is 26.0 Å². The molecule has 0 heterocycles. The van der Waals surface area contributed by atoms with Gasteiger partial charge < -0.3 is 5.11 Å². The van der Waals surface area contributed by atoms with Crippen LogP contribution in [0, 0.1) is 12.8 Å². The molecule has 2 N–H and O–H groups in total. The molecule has 0 aromatic heterocycles. The van der Waals surface area contributed by atoms with E-state index in [9.17, 15) is 13.5 Å². The standard InChI is InChI=1S/C13H18BrNO3S/c1-9-5-6-13(11(14)7-9)19(17,18)15-8-10-3-2-4-12(10)16/h5-7,10,12,15-16H,2-4,8H2,1H3. The van der Waals surface area contributed by atoms with E-state index in [-0.39, 0.29) is 16.9 Å². The zero-order chi connectivity index (χ0) is 14.0. The van der Waals surface area contributed by atoms with Crippen LogP contribution in [0.2, 0.25) is 0 Å². The molecule has 19 heavy (non-hydrogen) atoms. The van der Waals surface area contributed by atoms with Crippen molar-refractivity contribution in [2.24, 2.45) is 5.92 Å². The second-order valence-electron chi connectivity index (χ2n) is 5.04. The van der Waals surface area contributed by atoms with Crippen LogP contribution in [0.25, 0.3) is 0 Å². The van der Waals surface area contributed by atoms with E-state index < -0.39 is 10.0 Å². The van der Waals surface area contributed by atoms with Gasteiger partial charge in [0.15, 0.2) is 0 Å². The van der Waals surface area contributed by atoms with Crippen LogP contribution in [-0.4, -0.2) is 26.2 Å². The Morgan fingerprint density at radius 3 is 2.74 bits per heavy atom. The van der Waals surface area contributed by atoms with Crippen LogP contribution in [0.4, 0.5) is 0 Å². The van der Waals surface area contributed by atoms with Crippen molar-refractivity contribution in [3.63, 3.8) is 0 Å². The summed E-state index contributed by atoms with van der Waals surface area (Å²) in [5.74, 6) is 0.0269.